The molecule has 0 radical (unpaired) electrons. The van der Waals surface area contributed by atoms with Gasteiger partial charge in [-0.3, -0.25) is 4.79 Å². The number of rotatable bonds is 2. The predicted octanol–water partition coefficient (Wildman–Crippen LogP) is 0.605. The molecule has 1 rings (SSSR count). The molecule has 3 nitrogen and oxygen atoms in total. The van der Waals surface area contributed by atoms with Crippen LogP contribution in [0.2, 0.25) is 0 Å². The molecule has 0 spiro atoms. The Morgan fingerprint density at radius 2 is 2.17 bits per heavy atom. The monoisotopic (exact) mass is 164 g/mol. The molecule has 3 heteroatoms. The number of amides is 1. The summed E-state index contributed by atoms with van der Waals surface area (Å²) in [7, 11) is 0. The zero-order valence-corrected chi connectivity index (χ0v) is 7.00. The van der Waals surface area contributed by atoms with Crippen LogP contribution in [-0.4, -0.2) is 5.91 Å². The van der Waals surface area contributed by atoms with Gasteiger partial charge in [-0.05, 0) is 18.1 Å². The van der Waals surface area contributed by atoms with Crippen LogP contribution < -0.4 is 11.5 Å². The normalized spacial score (nSPS) is 9.75. The molecule has 0 bridgehead atoms. The second kappa shape index (κ2) is 3.26. The fraction of sp³-hybridized carbons (Fsp3) is 0.222. The van der Waals surface area contributed by atoms with Gasteiger partial charge in [0, 0.05) is 5.69 Å². The number of primary amides is 1. The second-order valence-corrected chi connectivity index (χ2v) is 2.79. The molecule has 12 heavy (non-hydrogen) atoms. The number of anilines is 1. The summed E-state index contributed by atoms with van der Waals surface area (Å²) in [6.45, 7) is 1.90. The van der Waals surface area contributed by atoms with Gasteiger partial charge in [0.25, 0.3) is 0 Å². The maximum absolute atomic E-state index is 10.6. The largest absolute Gasteiger partial charge is 0.398 e. The number of para-hydroxylation sites is 1. The summed E-state index contributed by atoms with van der Waals surface area (Å²) >= 11 is 0. The molecule has 0 atom stereocenters. The van der Waals surface area contributed by atoms with E-state index in [0.29, 0.717) is 5.69 Å². The highest BCUT2D eigenvalue weighted by molar-refractivity contribution is 5.78. The first-order chi connectivity index (χ1) is 5.61. The van der Waals surface area contributed by atoms with Crippen LogP contribution in [0.3, 0.4) is 0 Å². The van der Waals surface area contributed by atoms with E-state index in [1.54, 1.807) is 0 Å². The Bertz CT molecular complexity index is 307. The lowest BCUT2D eigenvalue weighted by molar-refractivity contribution is -0.117. The van der Waals surface area contributed by atoms with Crippen molar-refractivity contribution in [3.8, 4) is 0 Å². The van der Waals surface area contributed by atoms with Crippen molar-refractivity contribution < 1.29 is 4.79 Å². The molecule has 0 aromatic heterocycles. The average Bonchev–Trinajstić information content (AvgIpc) is 1.98. The van der Waals surface area contributed by atoms with Crippen molar-refractivity contribution in [2.75, 3.05) is 5.73 Å². The van der Waals surface area contributed by atoms with E-state index in [-0.39, 0.29) is 12.3 Å². The lowest BCUT2D eigenvalue weighted by Gasteiger charge is -2.05. The molecule has 0 heterocycles. The van der Waals surface area contributed by atoms with Gasteiger partial charge in [-0.2, -0.15) is 0 Å². The number of nitrogens with two attached hydrogens (primary N) is 2. The maximum Gasteiger partial charge on any atom is 0.221 e. The maximum atomic E-state index is 10.6. The van der Waals surface area contributed by atoms with Crippen LogP contribution in [0, 0.1) is 6.92 Å². The highest BCUT2D eigenvalue weighted by Gasteiger charge is 2.03. The van der Waals surface area contributed by atoms with Crippen molar-refractivity contribution in [1.82, 2.24) is 0 Å². The first-order valence-electron chi connectivity index (χ1n) is 3.73. The number of hydrogen-bond donors (Lipinski definition) is 2. The van der Waals surface area contributed by atoms with Crippen molar-refractivity contribution in [3.05, 3.63) is 29.3 Å². The molecule has 0 unspecified atom stereocenters. The van der Waals surface area contributed by atoms with E-state index in [0.717, 1.165) is 11.1 Å². The van der Waals surface area contributed by atoms with E-state index < -0.39 is 0 Å². The molecule has 0 saturated heterocycles. The third-order valence-electron chi connectivity index (χ3n) is 1.78. The van der Waals surface area contributed by atoms with Crippen molar-refractivity contribution in [1.29, 1.82) is 0 Å². The number of aryl methyl sites for hydroxylation is 1. The van der Waals surface area contributed by atoms with Gasteiger partial charge in [0.2, 0.25) is 5.91 Å². The molecule has 0 aliphatic heterocycles. The van der Waals surface area contributed by atoms with E-state index in [9.17, 15) is 4.79 Å². The smallest absolute Gasteiger partial charge is 0.221 e. The van der Waals surface area contributed by atoms with Gasteiger partial charge in [-0.25, -0.2) is 0 Å². The Balaban J connectivity index is 3.00. The van der Waals surface area contributed by atoms with E-state index in [2.05, 4.69) is 0 Å². The molecule has 1 amide bonds. The van der Waals surface area contributed by atoms with Gasteiger partial charge in [0.05, 0.1) is 6.42 Å². The summed E-state index contributed by atoms with van der Waals surface area (Å²) in [6, 6.07) is 5.58. The standard InChI is InChI=1S/C9H12N2O/c1-6-3-2-4-7(9(6)11)5-8(10)12/h2-4H,5,11H2,1H3,(H2,10,12). The highest BCUT2D eigenvalue weighted by atomic mass is 16.1. The first-order valence-corrected chi connectivity index (χ1v) is 3.73. The van der Waals surface area contributed by atoms with E-state index in [4.69, 9.17) is 11.5 Å². The Labute approximate surface area is 71.4 Å². The van der Waals surface area contributed by atoms with Crippen molar-refractivity contribution in [2.45, 2.75) is 13.3 Å². The van der Waals surface area contributed by atoms with Gasteiger partial charge in [-0.1, -0.05) is 18.2 Å². The van der Waals surface area contributed by atoms with E-state index in [1.165, 1.54) is 0 Å². The van der Waals surface area contributed by atoms with Crippen LogP contribution in [0.25, 0.3) is 0 Å². The molecule has 0 saturated carbocycles. The molecular formula is C9H12N2O. The number of benzene rings is 1. The van der Waals surface area contributed by atoms with Crippen LogP contribution in [-0.2, 0) is 11.2 Å². The van der Waals surface area contributed by atoms with Crippen LogP contribution >= 0.6 is 0 Å². The topological polar surface area (TPSA) is 69.1 Å². The summed E-state index contributed by atoms with van der Waals surface area (Å²) in [5.41, 5.74) is 13.2. The molecule has 0 aliphatic rings. The van der Waals surface area contributed by atoms with Crippen molar-refractivity contribution in [2.24, 2.45) is 5.73 Å². The van der Waals surface area contributed by atoms with Gasteiger partial charge in [0.15, 0.2) is 0 Å². The lowest BCUT2D eigenvalue weighted by atomic mass is 10.1. The molecule has 4 N–H and O–H groups in total. The van der Waals surface area contributed by atoms with E-state index in [1.807, 2.05) is 25.1 Å². The first kappa shape index (κ1) is 8.59. The minimum atomic E-state index is -0.354. The Hall–Kier alpha value is -1.51. The summed E-state index contributed by atoms with van der Waals surface area (Å²) < 4.78 is 0. The number of nitrogen functional groups attached to an aromatic ring is 1. The summed E-state index contributed by atoms with van der Waals surface area (Å²) in [4.78, 5) is 10.6. The van der Waals surface area contributed by atoms with Gasteiger partial charge in [0.1, 0.15) is 0 Å². The van der Waals surface area contributed by atoms with E-state index >= 15 is 0 Å². The van der Waals surface area contributed by atoms with Gasteiger partial charge >= 0.3 is 0 Å². The number of carbonyl (C=O) groups excluding carboxylic acids is 1. The Kier molecular flexibility index (Phi) is 2.33. The minimum absolute atomic E-state index is 0.216. The van der Waals surface area contributed by atoms with Crippen molar-refractivity contribution >= 4 is 11.6 Å². The zero-order chi connectivity index (χ0) is 9.14. The Morgan fingerprint density at radius 3 is 2.75 bits per heavy atom. The molecule has 1 aromatic carbocycles. The van der Waals surface area contributed by atoms with Crippen molar-refractivity contribution in [3.63, 3.8) is 0 Å². The number of hydrogen-bond acceptors (Lipinski definition) is 2. The van der Waals surface area contributed by atoms with Crippen LogP contribution in [0.4, 0.5) is 5.69 Å². The zero-order valence-electron chi connectivity index (χ0n) is 7.00. The fourth-order valence-corrected chi connectivity index (χ4v) is 1.08. The van der Waals surface area contributed by atoms with Crippen LogP contribution in [0.1, 0.15) is 11.1 Å². The third kappa shape index (κ3) is 1.75. The third-order valence-corrected chi connectivity index (χ3v) is 1.78. The predicted molar refractivity (Wildman–Crippen MR) is 48.5 cm³/mol. The average molecular weight is 164 g/mol. The van der Waals surface area contributed by atoms with Gasteiger partial charge in [-0.15, -0.1) is 0 Å². The fourth-order valence-electron chi connectivity index (χ4n) is 1.08. The Morgan fingerprint density at radius 1 is 1.50 bits per heavy atom. The van der Waals surface area contributed by atoms with Gasteiger partial charge < -0.3 is 11.5 Å². The molecule has 64 valence electrons. The lowest BCUT2D eigenvalue weighted by Crippen LogP contribution is -2.14. The molecule has 1 aromatic rings. The minimum Gasteiger partial charge on any atom is -0.398 e. The highest BCUT2D eigenvalue weighted by Crippen LogP contribution is 2.16. The summed E-state index contributed by atoms with van der Waals surface area (Å²) in [5, 5.41) is 0. The molecule has 0 fully saturated rings. The number of carbonyl (C=O) groups is 1. The quantitative estimate of drug-likeness (QED) is 0.628. The SMILES string of the molecule is Cc1cccc(CC(N)=O)c1N. The molecule has 0 aliphatic carbocycles. The summed E-state index contributed by atoms with van der Waals surface area (Å²) in [6.07, 6.45) is 0.216. The summed E-state index contributed by atoms with van der Waals surface area (Å²) in [5.74, 6) is -0.354. The van der Waals surface area contributed by atoms with Crippen LogP contribution in [0.5, 0.6) is 0 Å². The second-order valence-electron chi connectivity index (χ2n) is 2.79. The molecular weight excluding hydrogens is 152 g/mol. The van der Waals surface area contributed by atoms with Crippen LogP contribution in [0.15, 0.2) is 18.2 Å².